The number of hydrogen-bond donors (Lipinski definition) is 0. The molecule has 0 N–H and O–H groups in total. The number of carbonyl (C=O) groups excluding carboxylic acids is 2. The van der Waals surface area contributed by atoms with Crippen LogP contribution in [0.1, 0.15) is 48.5 Å². The van der Waals surface area contributed by atoms with Crippen LogP contribution in [0.15, 0.2) is 0 Å². The van der Waals surface area contributed by atoms with E-state index in [0.29, 0.717) is 0 Å². The second-order valence-corrected chi connectivity index (χ2v) is 7.33. The third kappa shape index (κ3) is 4.91. The predicted octanol–water partition coefficient (Wildman–Crippen LogP) is 2.06. The lowest BCUT2D eigenvalue weighted by atomic mass is 9.83. The van der Waals surface area contributed by atoms with E-state index in [1.165, 1.54) is 33.1 Å². The summed E-state index contributed by atoms with van der Waals surface area (Å²) in [5, 5.41) is 11.0. The molecule has 0 bridgehead atoms. The van der Waals surface area contributed by atoms with Gasteiger partial charge in [-0.25, -0.2) is 4.79 Å². The molecule has 1 atom stereocenters. The van der Waals surface area contributed by atoms with E-state index in [1.54, 1.807) is 13.8 Å². The monoisotopic (exact) mass is 328 g/mol. The molecule has 0 aliphatic carbocycles. The van der Waals surface area contributed by atoms with Crippen molar-refractivity contribution in [1.82, 2.24) is 5.06 Å². The Balaban J connectivity index is 5.87. The molecule has 0 heterocycles. The van der Waals surface area contributed by atoms with Gasteiger partial charge < -0.3 is 9.47 Å². The average molecular weight is 328 g/mol. The standard InChI is InChI=1S/C16H28N2O5/c1-14(2,3)18(23-16(6,7)13(20)22-9)11(10-17)15(4,5)12(19)21-8/h11H,1-9H3. The van der Waals surface area contributed by atoms with Gasteiger partial charge in [0.25, 0.3) is 0 Å². The predicted molar refractivity (Wildman–Crippen MR) is 84.0 cm³/mol. The van der Waals surface area contributed by atoms with Crippen LogP contribution in [0.5, 0.6) is 0 Å². The smallest absolute Gasteiger partial charge is 0.339 e. The quantitative estimate of drug-likeness (QED) is 0.544. The molecule has 0 aromatic heterocycles. The molecule has 132 valence electrons. The maximum absolute atomic E-state index is 12.1. The van der Waals surface area contributed by atoms with Gasteiger partial charge in [0.05, 0.1) is 25.7 Å². The highest BCUT2D eigenvalue weighted by Gasteiger charge is 2.48. The van der Waals surface area contributed by atoms with E-state index in [1.807, 2.05) is 20.8 Å². The molecule has 7 heteroatoms. The molecule has 7 nitrogen and oxygen atoms in total. The van der Waals surface area contributed by atoms with E-state index >= 15 is 0 Å². The molecule has 0 aromatic rings. The van der Waals surface area contributed by atoms with E-state index < -0.39 is 34.5 Å². The number of hydrogen-bond acceptors (Lipinski definition) is 7. The number of hydroxylamine groups is 2. The van der Waals surface area contributed by atoms with Crippen LogP contribution in [0.3, 0.4) is 0 Å². The molecule has 0 spiro atoms. The molecule has 0 saturated carbocycles. The summed E-state index contributed by atoms with van der Waals surface area (Å²) in [5.41, 5.74) is -3.14. The first kappa shape index (κ1) is 21.4. The van der Waals surface area contributed by atoms with Gasteiger partial charge in [0.15, 0.2) is 5.60 Å². The molecule has 0 radical (unpaired) electrons. The number of ether oxygens (including phenoxy) is 2. The van der Waals surface area contributed by atoms with Crippen molar-refractivity contribution in [3.63, 3.8) is 0 Å². The minimum Gasteiger partial charge on any atom is -0.469 e. The van der Waals surface area contributed by atoms with Gasteiger partial charge in [0.2, 0.25) is 0 Å². The van der Waals surface area contributed by atoms with Crippen LogP contribution in [0.25, 0.3) is 0 Å². The molecular weight excluding hydrogens is 300 g/mol. The van der Waals surface area contributed by atoms with Crippen LogP contribution in [-0.4, -0.2) is 48.4 Å². The SMILES string of the molecule is COC(=O)C(C)(C)ON(C(C#N)C(C)(C)C(=O)OC)C(C)(C)C. The zero-order valence-corrected chi connectivity index (χ0v) is 15.5. The van der Waals surface area contributed by atoms with Gasteiger partial charge in [-0.3, -0.25) is 9.63 Å². The third-order valence-corrected chi connectivity index (χ3v) is 3.42. The summed E-state index contributed by atoms with van der Waals surface area (Å²) in [5.74, 6) is -1.13. The van der Waals surface area contributed by atoms with E-state index in [-0.39, 0.29) is 0 Å². The van der Waals surface area contributed by atoms with Crippen molar-refractivity contribution in [1.29, 1.82) is 5.26 Å². The van der Waals surface area contributed by atoms with Crippen LogP contribution in [0.2, 0.25) is 0 Å². The van der Waals surface area contributed by atoms with Crippen molar-refractivity contribution in [2.45, 2.75) is 65.6 Å². The van der Waals surface area contributed by atoms with Crippen LogP contribution < -0.4 is 0 Å². The zero-order chi connectivity index (χ0) is 18.6. The van der Waals surface area contributed by atoms with Gasteiger partial charge in [0.1, 0.15) is 6.04 Å². The fourth-order valence-electron chi connectivity index (χ4n) is 1.99. The van der Waals surface area contributed by atoms with Gasteiger partial charge in [-0.1, -0.05) is 0 Å². The molecule has 0 amide bonds. The highest BCUT2D eigenvalue weighted by Crippen LogP contribution is 2.33. The first-order valence-electron chi connectivity index (χ1n) is 7.30. The zero-order valence-electron chi connectivity index (χ0n) is 15.5. The van der Waals surface area contributed by atoms with Crippen LogP contribution in [0, 0.1) is 16.7 Å². The lowest BCUT2D eigenvalue weighted by molar-refractivity contribution is -0.293. The molecule has 0 aliphatic rings. The van der Waals surface area contributed by atoms with Crippen molar-refractivity contribution >= 4 is 11.9 Å². The number of nitriles is 1. The molecule has 0 saturated heterocycles. The Morgan fingerprint density at radius 3 is 1.70 bits per heavy atom. The minimum atomic E-state index is -1.32. The maximum atomic E-state index is 12.1. The highest BCUT2D eigenvalue weighted by molar-refractivity contribution is 5.78. The minimum absolute atomic E-state index is 0.544. The molecule has 0 aliphatic heterocycles. The second-order valence-electron chi connectivity index (χ2n) is 7.33. The van der Waals surface area contributed by atoms with Crippen molar-refractivity contribution in [3.05, 3.63) is 0 Å². The van der Waals surface area contributed by atoms with E-state index in [9.17, 15) is 14.9 Å². The third-order valence-electron chi connectivity index (χ3n) is 3.42. The summed E-state index contributed by atoms with van der Waals surface area (Å²) in [6.45, 7) is 11.7. The lowest BCUT2D eigenvalue weighted by Crippen LogP contribution is -2.59. The number of esters is 2. The fraction of sp³-hybridized carbons (Fsp3) is 0.812. The van der Waals surface area contributed by atoms with E-state index in [4.69, 9.17) is 14.3 Å². The number of rotatable bonds is 6. The summed E-state index contributed by atoms with van der Waals surface area (Å²) in [4.78, 5) is 29.8. The molecule has 0 aromatic carbocycles. The van der Waals surface area contributed by atoms with Gasteiger partial charge in [0, 0.05) is 5.54 Å². The van der Waals surface area contributed by atoms with Crippen molar-refractivity contribution < 1.29 is 23.9 Å². The van der Waals surface area contributed by atoms with Crippen molar-refractivity contribution in [2.24, 2.45) is 5.41 Å². The van der Waals surface area contributed by atoms with Crippen molar-refractivity contribution in [2.75, 3.05) is 14.2 Å². The van der Waals surface area contributed by atoms with Crippen LogP contribution >= 0.6 is 0 Å². The normalized spacial score (nSPS) is 14.1. The summed E-state index contributed by atoms with van der Waals surface area (Å²) >= 11 is 0. The first-order chi connectivity index (χ1) is 10.3. The molecule has 23 heavy (non-hydrogen) atoms. The van der Waals surface area contributed by atoms with E-state index in [0.717, 1.165) is 0 Å². The Labute approximate surface area is 138 Å². The molecule has 1 unspecified atom stereocenters. The Morgan fingerprint density at radius 1 is 0.957 bits per heavy atom. The molecule has 0 rings (SSSR count). The average Bonchev–Trinajstić information content (AvgIpc) is 2.43. The summed E-state index contributed by atoms with van der Waals surface area (Å²) in [6, 6.07) is 1.12. The molecule has 0 fully saturated rings. The summed E-state index contributed by atoms with van der Waals surface area (Å²) in [7, 11) is 2.52. The Kier molecular flexibility index (Phi) is 6.76. The van der Waals surface area contributed by atoms with Gasteiger partial charge >= 0.3 is 11.9 Å². The van der Waals surface area contributed by atoms with Gasteiger partial charge in [-0.15, -0.1) is 0 Å². The number of nitrogens with zero attached hydrogens (tertiary/aromatic N) is 2. The van der Waals surface area contributed by atoms with Crippen molar-refractivity contribution in [3.8, 4) is 6.07 Å². The van der Waals surface area contributed by atoms with Gasteiger partial charge in [-0.05, 0) is 48.5 Å². The first-order valence-corrected chi connectivity index (χ1v) is 7.30. The number of carbonyl (C=O) groups is 2. The number of methoxy groups -OCH3 is 2. The largest absolute Gasteiger partial charge is 0.469 e. The lowest BCUT2D eigenvalue weighted by Gasteiger charge is -2.45. The summed E-state index contributed by atoms with van der Waals surface area (Å²) in [6.07, 6.45) is 0. The second kappa shape index (κ2) is 7.28. The van der Waals surface area contributed by atoms with Gasteiger partial charge in [-0.2, -0.15) is 10.3 Å². The fourth-order valence-corrected chi connectivity index (χ4v) is 1.99. The summed E-state index contributed by atoms with van der Waals surface area (Å²) < 4.78 is 9.53. The Hall–Kier alpha value is -1.65. The van der Waals surface area contributed by atoms with Crippen LogP contribution in [-0.2, 0) is 23.9 Å². The highest BCUT2D eigenvalue weighted by atomic mass is 16.7. The van der Waals surface area contributed by atoms with Crippen LogP contribution in [0.4, 0.5) is 0 Å². The topological polar surface area (TPSA) is 88.9 Å². The maximum Gasteiger partial charge on any atom is 0.339 e. The molecular formula is C16H28N2O5. The Morgan fingerprint density at radius 2 is 1.39 bits per heavy atom. The Bertz CT molecular complexity index is 486. The van der Waals surface area contributed by atoms with E-state index in [2.05, 4.69) is 6.07 Å².